The Hall–Kier alpha value is -8.56. The van der Waals surface area contributed by atoms with Gasteiger partial charge in [-0.25, -0.2) is 0 Å². The summed E-state index contributed by atoms with van der Waals surface area (Å²) in [6, 6.07) is 87.7. The van der Waals surface area contributed by atoms with Crippen LogP contribution in [0.2, 0.25) is 0 Å². The molecule has 1 heterocycles. The van der Waals surface area contributed by atoms with Crippen molar-refractivity contribution in [3.05, 3.63) is 295 Å². The van der Waals surface area contributed by atoms with Crippen molar-refractivity contribution in [1.29, 1.82) is 0 Å². The first-order valence-corrected chi connectivity index (χ1v) is 25.7. The van der Waals surface area contributed by atoms with Gasteiger partial charge in [0.05, 0.1) is 0 Å². The molecule has 0 saturated carbocycles. The van der Waals surface area contributed by atoms with E-state index in [0.717, 1.165) is 23.5 Å². The molecule has 0 radical (unpaired) electrons. The molecule has 12 rings (SSSR count). The third kappa shape index (κ3) is 9.79. The largest absolute Gasteiger partial charge is 0.311 e. The molecule has 346 valence electrons. The van der Waals surface area contributed by atoms with E-state index in [1.54, 1.807) is 0 Å². The number of anilines is 2. The van der Waals surface area contributed by atoms with Crippen molar-refractivity contribution in [3.63, 3.8) is 0 Å². The molecule has 2 heteroatoms. The first-order chi connectivity index (χ1) is 35.4. The fraction of sp³-hybridized carbons (Fsp3) is 0.0571. The number of benzene rings is 10. The second-order valence-electron chi connectivity index (χ2n) is 18.6. The first-order valence-electron chi connectivity index (χ1n) is 24.9. The maximum atomic E-state index is 2.39. The zero-order chi connectivity index (χ0) is 48.8. The molecule has 1 aromatic heterocycles. The molecule has 0 fully saturated rings. The molecule has 1 aliphatic carbocycles. The monoisotopic (exact) mass is 941 g/mol. The van der Waals surface area contributed by atoms with Gasteiger partial charge in [0.15, 0.2) is 0 Å². The second kappa shape index (κ2) is 20.8. The van der Waals surface area contributed by atoms with Crippen LogP contribution in [0, 0.1) is 20.8 Å². The molecule has 1 aliphatic rings. The van der Waals surface area contributed by atoms with Gasteiger partial charge in [-0.3, -0.25) is 0 Å². The SMILES string of the molecule is Cc1ccc(-c2ccccc2)cc1.Cc1ccccc1-c1cc(-c2ccc(N(C3=CC=C(c4cccc(-c5ccccc5)c4)CC=C3)c3ccc(-c4cccc5c4sc4ccccc45)cc3)cc2)ccc1C. The van der Waals surface area contributed by atoms with Crippen LogP contribution in [-0.2, 0) is 0 Å². The van der Waals surface area contributed by atoms with Crippen LogP contribution in [-0.4, -0.2) is 0 Å². The van der Waals surface area contributed by atoms with E-state index in [2.05, 4.69) is 287 Å². The zero-order valence-corrected chi connectivity index (χ0v) is 41.8. The number of hydrogen-bond donors (Lipinski definition) is 0. The molecule has 72 heavy (non-hydrogen) atoms. The average molecular weight is 942 g/mol. The Morgan fingerprint density at radius 2 is 0.875 bits per heavy atom. The molecule has 0 spiro atoms. The molecular formula is C70H55NS. The third-order valence-corrected chi connectivity index (χ3v) is 15.0. The van der Waals surface area contributed by atoms with Crippen molar-refractivity contribution >= 4 is 48.5 Å². The Bertz CT molecular complexity index is 3760. The lowest BCUT2D eigenvalue weighted by atomic mass is 9.93. The molecule has 11 aromatic rings. The Balaban J connectivity index is 0.000000374. The summed E-state index contributed by atoms with van der Waals surface area (Å²) in [5.41, 5.74) is 22.2. The van der Waals surface area contributed by atoms with Gasteiger partial charge in [-0.15, -0.1) is 11.3 Å². The van der Waals surface area contributed by atoms with Crippen LogP contribution in [0.25, 0.3) is 81.4 Å². The maximum absolute atomic E-state index is 2.39. The predicted octanol–water partition coefficient (Wildman–Crippen LogP) is 20.1. The highest BCUT2D eigenvalue weighted by Gasteiger charge is 2.17. The molecule has 0 bridgehead atoms. The van der Waals surface area contributed by atoms with Gasteiger partial charge in [0.25, 0.3) is 0 Å². The molecule has 0 amide bonds. The quantitative estimate of drug-likeness (QED) is 0.139. The summed E-state index contributed by atoms with van der Waals surface area (Å²) >= 11 is 1.88. The van der Waals surface area contributed by atoms with Crippen LogP contribution in [0.1, 0.15) is 28.7 Å². The van der Waals surface area contributed by atoms with Gasteiger partial charge in [-0.05, 0) is 160 Å². The molecular weight excluding hydrogens is 887 g/mol. The highest BCUT2D eigenvalue weighted by Crippen LogP contribution is 2.42. The van der Waals surface area contributed by atoms with E-state index >= 15 is 0 Å². The standard InChI is InChI=1S/C57H43NS.C13H12/c1-39-13-6-7-20-51(39)55-38-47(26-25-40(55)2)43-28-33-49(34-29-43)58(48-19-11-16-42(27-32-48)46-18-10-17-45(37-46)41-14-4-3-5-15-41)50-35-30-44(31-36-50)52-22-12-23-54-53-21-8-9-24-56(53)59-57(52)54;1-11-7-9-13(10-8-11)12-5-3-2-4-6-12/h3-15,17-38H,16H2,1-2H3;2-10H,1H3. The highest BCUT2D eigenvalue weighted by molar-refractivity contribution is 7.26. The Kier molecular flexibility index (Phi) is 13.3. The minimum Gasteiger partial charge on any atom is -0.311 e. The van der Waals surface area contributed by atoms with Crippen LogP contribution in [0.3, 0.4) is 0 Å². The van der Waals surface area contributed by atoms with E-state index < -0.39 is 0 Å². The lowest BCUT2D eigenvalue weighted by molar-refractivity contribution is 1.21. The number of hydrogen-bond acceptors (Lipinski definition) is 2. The van der Waals surface area contributed by atoms with Crippen LogP contribution >= 0.6 is 11.3 Å². The van der Waals surface area contributed by atoms with Gasteiger partial charge in [0.1, 0.15) is 0 Å². The molecule has 10 aromatic carbocycles. The van der Waals surface area contributed by atoms with Crippen LogP contribution in [0.4, 0.5) is 11.4 Å². The lowest BCUT2D eigenvalue weighted by Gasteiger charge is -2.27. The predicted molar refractivity (Wildman–Crippen MR) is 312 cm³/mol. The van der Waals surface area contributed by atoms with Crippen LogP contribution in [0.5, 0.6) is 0 Å². The second-order valence-corrected chi connectivity index (χ2v) is 19.7. The van der Waals surface area contributed by atoms with Crippen LogP contribution < -0.4 is 4.90 Å². The summed E-state index contributed by atoms with van der Waals surface area (Å²) in [7, 11) is 0. The zero-order valence-electron chi connectivity index (χ0n) is 41.0. The normalized spacial score (nSPS) is 12.2. The summed E-state index contributed by atoms with van der Waals surface area (Å²) in [5, 5.41) is 2.64. The lowest BCUT2D eigenvalue weighted by Crippen LogP contribution is -2.15. The van der Waals surface area contributed by atoms with Gasteiger partial charge in [-0.2, -0.15) is 0 Å². The van der Waals surface area contributed by atoms with Crippen molar-refractivity contribution in [2.24, 2.45) is 0 Å². The molecule has 1 nitrogen and oxygen atoms in total. The van der Waals surface area contributed by atoms with E-state index in [4.69, 9.17) is 0 Å². The van der Waals surface area contributed by atoms with Crippen molar-refractivity contribution in [1.82, 2.24) is 0 Å². The number of fused-ring (bicyclic) bond motifs is 3. The third-order valence-electron chi connectivity index (χ3n) is 13.8. The van der Waals surface area contributed by atoms with E-state index in [0.29, 0.717) is 0 Å². The van der Waals surface area contributed by atoms with Gasteiger partial charge >= 0.3 is 0 Å². The van der Waals surface area contributed by atoms with E-state index in [9.17, 15) is 0 Å². The van der Waals surface area contributed by atoms with E-state index in [-0.39, 0.29) is 0 Å². The maximum Gasteiger partial charge on any atom is 0.0462 e. The van der Waals surface area contributed by atoms with Gasteiger partial charge < -0.3 is 4.90 Å². The average Bonchev–Trinajstić information content (AvgIpc) is 3.65. The van der Waals surface area contributed by atoms with Crippen LogP contribution in [0.15, 0.2) is 273 Å². The Labute approximate surface area is 428 Å². The summed E-state index contributed by atoms with van der Waals surface area (Å²) in [6.07, 6.45) is 10.0. The first kappa shape index (κ1) is 45.9. The molecule has 0 atom stereocenters. The number of nitrogens with zero attached hydrogens (tertiary/aromatic N) is 1. The van der Waals surface area contributed by atoms with Gasteiger partial charge in [0, 0.05) is 37.2 Å². The van der Waals surface area contributed by atoms with Gasteiger partial charge in [-0.1, -0.05) is 218 Å². The van der Waals surface area contributed by atoms with Crippen molar-refractivity contribution in [3.8, 4) is 55.6 Å². The number of thiophene rings is 1. The number of rotatable bonds is 9. The van der Waals surface area contributed by atoms with Gasteiger partial charge in [0.2, 0.25) is 0 Å². The topological polar surface area (TPSA) is 3.24 Å². The van der Waals surface area contributed by atoms with Crippen molar-refractivity contribution in [2.75, 3.05) is 4.90 Å². The fourth-order valence-corrected chi connectivity index (χ4v) is 11.1. The summed E-state index contributed by atoms with van der Waals surface area (Å²) < 4.78 is 2.66. The Morgan fingerprint density at radius 1 is 0.361 bits per heavy atom. The minimum atomic E-state index is 0.847. The molecule has 0 aliphatic heterocycles. The minimum absolute atomic E-state index is 0.847. The fourth-order valence-electron chi connectivity index (χ4n) is 9.87. The highest BCUT2D eigenvalue weighted by atomic mass is 32.1. The smallest absolute Gasteiger partial charge is 0.0462 e. The Morgan fingerprint density at radius 3 is 1.61 bits per heavy atom. The summed E-state index contributed by atoms with van der Waals surface area (Å²) in [4.78, 5) is 2.39. The molecule has 0 saturated heterocycles. The number of aryl methyl sites for hydroxylation is 3. The number of allylic oxidation sites excluding steroid dienone is 5. The molecule has 0 N–H and O–H groups in total. The molecule has 0 unspecified atom stereocenters. The van der Waals surface area contributed by atoms with E-state index in [1.165, 1.54) is 104 Å². The van der Waals surface area contributed by atoms with E-state index in [1.807, 2.05) is 17.4 Å². The van der Waals surface area contributed by atoms with Crippen molar-refractivity contribution < 1.29 is 0 Å². The summed E-state index contributed by atoms with van der Waals surface area (Å²) in [6.45, 7) is 6.50. The summed E-state index contributed by atoms with van der Waals surface area (Å²) in [5.74, 6) is 0. The van der Waals surface area contributed by atoms with Crippen molar-refractivity contribution in [2.45, 2.75) is 27.2 Å².